The number of halogens is 1. The van der Waals surface area contributed by atoms with Crippen molar-refractivity contribution in [3.63, 3.8) is 0 Å². The van der Waals surface area contributed by atoms with Crippen molar-refractivity contribution in [3.05, 3.63) is 106 Å². The van der Waals surface area contributed by atoms with Crippen LogP contribution in [0.15, 0.2) is 83.5 Å². The van der Waals surface area contributed by atoms with E-state index in [4.69, 9.17) is 16.3 Å². The summed E-state index contributed by atoms with van der Waals surface area (Å²) in [6, 6.07) is 20.5. The van der Waals surface area contributed by atoms with Gasteiger partial charge in [-0.25, -0.2) is 4.79 Å². The first-order valence-electron chi connectivity index (χ1n) is 12.5. The normalized spacial score (nSPS) is 13.1. The molecule has 9 heteroatoms. The number of amides is 3. The summed E-state index contributed by atoms with van der Waals surface area (Å²) >= 11 is 6.26. The van der Waals surface area contributed by atoms with Gasteiger partial charge in [0.25, 0.3) is 17.7 Å². The lowest BCUT2D eigenvalue weighted by molar-refractivity contribution is -0.138. The van der Waals surface area contributed by atoms with E-state index in [1.54, 1.807) is 49.4 Å². The zero-order chi connectivity index (χ0) is 27.9. The number of nitrogens with zero attached hydrogens (tertiary/aromatic N) is 1. The van der Waals surface area contributed by atoms with Crippen LogP contribution >= 0.6 is 11.6 Å². The topological polar surface area (TPSA) is 105 Å². The van der Waals surface area contributed by atoms with Gasteiger partial charge in [0.1, 0.15) is 10.7 Å². The van der Waals surface area contributed by atoms with Crippen molar-refractivity contribution < 1.29 is 23.9 Å². The molecular weight excluding hydrogens is 518 g/mol. The zero-order valence-corrected chi connectivity index (χ0v) is 22.4. The van der Waals surface area contributed by atoms with E-state index in [9.17, 15) is 19.2 Å². The molecule has 0 atom stereocenters. The summed E-state index contributed by atoms with van der Waals surface area (Å²) in [5.41, 5.74) is 3.17. The molecule has 0 spiro atoms. The van der Waals surface area contributed by atoms with Gasteiger partial charge in [-0.05, 0) is 60.9 Å². The monoisotopic (exact) mass is 545 g/mol. The van der Waals surface area contributed by atoms with E-state index in [0.717, 1.165) is 28.9 Å². The number of benzene rings is 3. The van der Waals surface area contributed by atoms with Gasteiger partial charge in [0, 0.05) is 16.9 Å². The molecule has 2 N–H and O–H groups in total. The van der Waals surface area contributed by atoms with E-state index in [1.807, 2.05) is 37.3 Å². The number of unbranched alkanes of at least 4 members (excludes halogenated alkanes) is 1. The average Bonchev–Trinajstić information content (AvgIpc) is 3.13. The number of anilines is 2. The molecule has 0 unspecified atom stereocenters. The SMILES string of the molecule is CCCCOC(=O)c1ccc(NC(=O)c2ccc(C)c(NC3=C(Cl)C(=O)N(Cc4ccccc4)C3=O)c2)cc1. The summed E-state index contributed by atoms with van der Waals surface area (Å²) in [6.07, 6.45) is 1.73. The van der Waals surface area contributed by atoms with E-state index in [-0.39, 0.29) is 17.3 Å². The fourth-order valence-corrected chi connectivity index (χ4v) is 4.11. The lowest BCUT2D eigenvalue weighted by Gasteiger charge is -2.16. The molecule has 8 nitrogen and oxygen atoms in total. The largest absolute Gasteiger partial charge is 0.462 e. The highest BCUT2D eigenvalue weighted by molar-refractivity contribution is 6.48. The van der Waals surface area contributed by atoms with Crippen LogP contribution in [0.2, 0.25) is 0 Å². The van der Waals surface area contributed by atoms with Crippen LogP contribution in [-0.4, -0.2) is 35.2 Å². The zero-order valence-electron chi connectivity index (χ0n) is 21.6. The third-order valence-electron chi connectivity index (χ3n) is 6.16. The molecule has 0 radical (unpaired) electrons. The Kier molecular flexibility index (Phi) is 8.78. The Hall–Kier alpha value is -4.43. The maximum Gasteiger partial charge on any atom is 0.338 e. The van der Waals surface area contributed by atoms with Crippen LogP contribution in [0.4, 0.5) is 11.4 Å². The molecule has 0 fully saturated rings. The summed E-state index contributed by atoms with van der Waals surface area (Å²) in [7, 11) is 0. The standard InChI is InChI=1S/C30H28ClN3O5/c1-3-4-16-39-30(38)21-12-14-23(15-13-21)32-27(35)22-11-10-19(2)24(17-22)33-26-25(31)28(36)34(29(26)37)18-20-8-6-5-7-9-20/h5-15,17,33H,3-4,16,18H2,1-2H3,(H,32,35). The number of imide groups is 1. The number of rotatable bonds is 10. The van der Waals surface area contributed by atoms with E-state index in [0.29, 0.717) is 29.1 Å². The van der Waals surface area contributed by atoms with Crippen molar-refractivity contribution in [1.29, 1.82) is 0 Å². The third kappa shape index (κ3) is 6.53. The van der Waals surface area contributed by atoms with Crippen LogP contribution in [0.5, 0.6) is 0 Å². The van der Waals surface area contributed by atoms with Crippen LogP contribution in [0, 0.1) is 6.92 Å². The molecule has 0 bridgehead atoms. The Bertz CT molecular complexity index is 1430. The van der Waals surface area contributed by atoms with E-state index in [2.05, 4.69) is 10.6 Å². The van der Waals surface area contributed by atoms with Gasteiger partial charge >= 0.3 is 5.97 Å². The molecule has 0 saturated carbocycles. The second kappa shape index (κ2) is 12.4. The molecule has 39 heavy (non-hydrogen) atoms. The van der Waals surface area contributed by atoms with Crippen molar-refractivity contribution in [2.75, 3.05) is 17.2 Å². The molecule has 1 aliphatic heterocycles. The lowest BCUT2D eigenvalue weighted by atomic mass is 10.1. The minimum Gasteiger partial charge on any atom is -0.462 e. The number of hydrogen-bond donors (Lipinski definition) is 2. The molecule has 3 aromatic carbocycles. The van der Waals surface area contributed by atoms with Gasteiger partial charge in [-0.15, -0.1) is 0 Å². The van der Waals surface area contributed by atoms with Crippen molar-refractivity contribution in [3.8, 4) is 0 Å². The lowest BCUT2D eigenvalue weighted by Crippen LogP contribution is -2.31. The predicted molar refractivity (Wildman–Crippen MR) is 149 cm³/mol. The van der Waals surface area contributed by atoms with Gasteiger partial charge in [-0.1, -0.05) is 61.3 Å². The summed E-state index contributed by atoms with van der Waals surface area (Å²) in [5.74, 6) is -1.93. The van der Waals surface area contributed by atoms with Crippen LogP contribution in [0.1, 0.15) is 51.6 Å². The fraction of sp³-hybridized carbons (Fsp3) is 0.200. The van der Waals surface area contributed by atoms with Crippen LogP contribution in [0.25, 0.3) is 0 Å². The Labute approximate surface area is 231 Å². The van der Waals surface area contributed by atoms with E-state index < -0.39 is 23.7 Å². The van der Waals surface area contributed by atoms with Crippen molar-refractivity contribution >= 4 is 46.7 Å². The quantitative estimate of drug-likeness (QED) is 0.194. The smallest absolute Gasteiger partial charge is 0.338 e. The van der Waals surface area contributed by atoms with Gasteiger partial charge in [0.15, 0.2) is 0 Å². The number of hydrogen-bond acceptors (Lipinski definition) is 6. The molecule has 4 rings (SSSR count). The molecule has 1 aliphatic rings. The Morgan fingerprint density at radius 3 is 2.31 bits per heavy atom. The molecule has 0 aliphatic carbocycles. The first-order valence-corrected chi connectivity index (χ1v) is 12.9. The first-order chi connectivity index (χ1) is 18.8. The number of nitrogens with one attached hydrogen (secondary N) is 2. The van der Waals surface area contributed by atoms with Gasteiger partial charge in [-0.3, -0.25) is 19.3 Å². The highest BCUT2D eigenvalue weighted by Gasteiger charge is 2.38. The summed E-state index contributed by atoms with van der Waals surface area (Å²) in [5, 5.41) is 5.54. The second-order valence-corrected chi connectivity index (χ2v) is 9.42. The number of ether oxygens (including phenoxy) is 1. The number of esters is 1. The summed E-state index contributed by atoms with van der Waals surface area (Å²) in [6.45, 7) is 4.28. The Morgan fingerprint density at radius 1 is 0.923 bits per heavy atom. The summed E-state index contributed by atoms with van der Waals surface area (Å²) < 4.78 is 5.20. The highest BCUT2D eigenvalue weighted by Crippen LogP contribution is 2.29. The van der Waals surface area contributed by atoms with Crippen LogP contribution in [-0.2, 0) is 20.9 Å². The van der Waals surface area contributed by atoms with Crippen LogP contribution in [0.3, 0.4) is 0 Å². The summed E-state index contributed by atoms with van der Waals surface area (Å²) in [4.78, 5) is 51.9. The maximum absolute atomic E-state index is 13.0. The molecule has 3 aromatic rings. The molecule has 1 heterocycles. The highest BCUT2D eigenvalue weighted by atomic mass is 35.5. The second-order valence-electron chi connectivity index (χ2n) is 9.05. The van der Waals surface area contributed by atoms with E-state index >= 15 is 0 Å². The van der Waals surface area contributed by atoms with Gasteiger partial charge in [-0.2, -0.15) is 0 Å². The minimum atomic E-state index is -0.586. The third-order valence-corrected chi connectivity index (χ3v) is 6.51. The van der Waals surface area contributed by atoms with Gasteiger partial charge in [0.05, 0.1) is 18.7 Å². The van der Waals surface area contributed by atoms with E-state index in [1.165, 1.54) is 0 Å². The number of carbonyl (C=O) groups excluding carboxylic acids is 4. The fourth-order valence-electron chi connectivity index (χ4n) is 3.88. The molecule has 3 amide bonds. The number of aryl methyl sites for hydroxylation is 1. The molecule has 0 aromatic heterocycles. The Morgan fingerprint density at radius 2 is 1.62 bits per heavy atom. The van der Waals surface area contributed by atoms with Crippen molar-refractivity contribution in [2.45, 2.75) is 33.2 Å². The maximum atomic E-state index is 13.0. The van der Waals surface area contributed by atoms with Gasteiger partial charge < -0.3 is 15.4 Å². The molecular formula is C30H28ClN3O5. The van der Waals surface area contributed by atoms with Crippen molar-refractivity contribution in [1.82, 2.24) is 4.90 Å². The average molecular weight is 546 g/mol. The minimum absolute atomic E-state index is 0.0420. The van der Waals surface area contributed by atoms with Crippen molar-refractivity contribution in [2.24, 2.45) is 0 Å². The Balaban J connectivity index is 1.44. The molecule has 0 saturated heterocycles. The van der Waals surface area contributed by atoms with Gasteiger partial charge in [0.2, 0.25) is 0 Å². The number of carbonyl (C=O) groups is 4. The first kappa shape index (κ1) is 27.6. The van der Waals surface area contributed by atoms with Crippen LogP contribution < -0.4 is 10.6 Å². The molecule has 200 valence electrons. The predicted octanol–water partition coefficient (Wildman–Crippen LogP) is 5.64.